The fourth-order valence-corrected chi connectivity index (χ4v) is 2.85. The van der Waals surface area contributed by atoms with Gasteiger partial charge in [0.05, 0.1) is 5.52 Å². The minimum atomic E-state index is -0.418. The number of urea groups is 1. The van der Waals surface area contributed by atoms with Crippen LogP contribution in [0.2, 0.25) is 0 Å². The fraction of sp³-hybridized carbons (Fsp3) is 0.222. The second-order valence-electron chi connectivity index (χ2n) is 5.85. The zero-order chi connectivity index (χ0) is 18.1. The molecule has 2 N–H and O–H groups in total. The van der Waals surface area contributed by atoms with Crippen LogP contribution in [0.15, 0.2) is 45.6 Å². The van der Waals surface area contributed by atoms with E-state index in [2.05, 4.69) is 10.6 Å². The largest absolute Gasteiger partial charge is 0.454 e. The highest BCUT2D eigenvalue weighted by atomic mass is 16.7. The first kappa shape index (κ1) is 16.1. The number of carbonyl (C=O) groups excluding carboxylic acids is 1. The summed E-state index contributed by atoms with van der Waals surface area (Å²) in [5.41, 5.74) is 2.24. The van der Waals surface area contributed by atoms with Crippen molar-refractivity contribution in [2.24, 2.45) is 0 Å². The van der Waals surface area contributed by atoms with E-state index in [1.54, 1.807) is 41.0 Å². The molecule has 2 aromatic carbocycles. The van der Waals surface area contributed by atoms with Gasteiger partial charge in [0.25, 0.3) is 0 Å². The first-order chi connectivity index (χ1) is 12.6. The van der Waals surface area contributed by atoms with Crippen LogP contribution in [0.1, 0.15) is 13.3 Å². The van der Waals surface area contributed by atoms with Crippen LogP contribution < -0.4 is 25.9 Å². The van der Waals surface area contributed by atoms with Crippen molar-refractivity contribution in [2.45, 2.75) is 19.9 Å². The Kier molecular flexibility index (Phi) is 4.00. The summed E-state index contributed by atoms with van der Waals surface area (Å²) in [6.45, 7) is 2.75. The molecule has 0 aliphatic carbocycles. The van der Waals surface area contributed by atoms with Crippen LogP contribution >= 0.6 is 0 Å². The molecule has 2 amide bonds. The molecular formula is C18H17N3O5. The number of nitrogens with one attached hydrogen (secondary N) is 2. The van der Waals surface area contributed by atoms with Gasteiger partial charge in [-0.1, -0.05) is 6.92 Å². The Morgan fingerprint density at radius 2 is 1.81 bits per heavy atom. The molecule has 1 aromatic heterocycles. The van der Waals surface area contributed by atoms with Gasteiger partial charge in [-0.15, -0.1) is 0 Å². The number of hydrogen-bond donors (Lipinski definition) is 2. The van der Waals surface area contributed by atoms with Crippen molar-refractivity contribution in [3.05, 3.63) is 46.9 Å². The first-order valence-electron chi connectivity index (χ1n) is 8.25. The summed E-state index contributed by atoms with van der Waals surface area (Å²) < 4.78 is 17.3. The zero-order valence-electron chi connectivity index (χ0n) is 14.1. The second kappa shape index (κ2) is 6.47. The standard InChI is InChI=1S/C18H17N3O5/c1-2-7-21-13-5-3-11(8-15(13)26-18(21)23)19-17(22)20-12-4-6-14-16(9-12)25-10-24-14/h3-6,8-9H,2,7,10H2,1H3,(H2,19,20,22). The molecule has 2 heterocycles. The molecule has 1 aliphatic rings. The van der Waals surface area contributed by atoms with Gasteiger partial charge in [-0.3, -0.25) is 4.57 Å². The number of aryl methyl sites for hydroxylation is 1. The molecule has 0 spiro atoms. The number of amides is 2. The highest BCUT2D eigenvalue weighted by Crippen LogP contribution is 2.34. The average molecular weight is 355 g/mol. The van der Waals surface area contributed by atoms with Gasteiger partial charge < -0.3 is 24.5 Å². The Morgan fingerprint density at radius 1 is 1.08 bits per heavy atom. The van der Waals surface area contributed by atoms with Crippen molar-refractivity contribution in [3.8, 4) is 11.5 Å². The number of oxazole rings is 1. The number of aromatic nitrogens is 1. The lowest BCUT2D eigenvalue weighted by Crippen LogP contribution is -2.19. The van der Waals surface area contributed by atoms with Crippen LogP contribution in [-0.4, -0.2) is 17.4 Å². The number of benzene rings is 2. The number of nitrogens with zero attached hydrogens (tertiary/aromatic N) is 1. The summed E-state index contributed by atoms with van der Waals surface area (Å²) in [6, 6.07) is 9.83. The van der Waals surface area contributed by atoms with Crippen LogP contribution in [0, 0.1) is 0 Å². The predicted molar refractivity (Wildman–Crippen MR) is 96.0 cm³/mol. The number of hydrogen-bond acceptors (Lipinski definition) is 5. The molecule has 3 aromatic rings. The van der Waals surface area contributed by atoms with E-state index in [0.717, 1.165) is 6.42 Å². The molecule has 0 saturated heterocycles. The summed E-state index contributed by atoms with van der Waals surface area (Å²) in [5.74, 6) is 0.833. The normalized spacial score (nSPS) is 12.3. The molecule has 0 unspecified atom stereocenters. The third-order valence-corrected chi connectivity index (χ3v) is 4.00. The highest BCUT2D eigenvalue weighted by molar-refractivity contribution is 6.00. The summed E-state index contributed by atoms with van der Waals surface area (Å²) in [4.78, 5) is 24.1. The van der Waals surface area contributed by atoms with Crippen molar-refractivity contribution in [1.29, 1.82) is 0 Å². The van der Waals surface area contributed by atoms with Gasteiger partial charge >= 0.3 is 11.8 Å². The van der Waals surface area contributed by atoms with Crippen LogP contribution in [0.5, 0.6) is 11.5 Å². The molecule has 1 aliphatic heterocycles. The Balaban J connectivity index is 1.49. The third-order valence-electron chi connectivity index (χ3n) is 4.00. The number of ether oxygens (including phenoxy) is 2. The summed E-state index contributed by atoms with van der Waals surface area (Å²) in [7, 11) is 0. The van der Waals surface area contributed by atoms with Gasteiger partial charge in [-0.05, 0) is 30.7 Å². The lowest BCUT2D eigenvalue weighted by molar-refractivity contribution is 0.174. The maximum Gasteiger partial charge on any atom is 0.419 e. The number of carbonyl (C=O) groups is 1. The number of anilines is 2. The van der Waals surface area contributed by atoms with Crippen molar-refractivity contribution >= 4 is 28.5 Å². The molecule has 0 radical (unpaired) electrons. The van der Waals surface area contributed by atoms with E-state index in [1.807, 2.05) is 6.92 Å². The molecule has 0 atom stereocenters. The van der Waals surface area contributed by atoms with Gasteiger partial charge in [0, 0.05) is 30.1 Å². The summed E-state index contributed by atoms with van der Waals surface area (Å²) in [5, 5.41) is 5.44. The zero-order valence-corrected chi connectivity index (χ0v) is 14.1. The smallest absolute Gasteiger partial charge is 0.419 e. The van der Waals surface area contributed by atoms with Crippen LogP contribution in [0.25, 0.3) is 11.1 Å². The molecule has 0 saturated carbocycles. The van der Waals surface area contributed by atoms with Gasteiger partial charge in [0.2, 0.25) is 6.79 Å². The quantitative estimate of drug-likeness (QED) is 0.748. The van der Waals surface area contributed by atoms with E-state index >= 15 is 0 Å². The average Bonchev–Trinajstić information content (AvgIpc) is 3.19. The molecule has 0 bridgehead atoms. The Morgan fingerprint density at radius 3 is 2.62 bits per heavy atom. The molecule has 26 heavy (non-hydrogen) atoms. The monoisotopic (exact) mass is 355 g/mol. The van der Waals surface area contributed by atoms with Crippen LogP contribution in [0.4, 0.5) is 16.2 Å². The van der Waals surface area contributed by atoms with E-state index < -0.39 is 11.8 Å². The van der Waals surface area contributed by atoms with Crippen molar-refractivity contribution in [2.75, 3.05) is 17.4 Å². The molecule has 134 valence electrons. The number of fused-ring (bicyclic) bond motifs is 2. The first-order valence-corrected chi connectivity index (χ1v) is 8.25. The van der Waals surface area contributed by atoms with Crippen molar-refractivity contribution < 1.29 is 18.7 Å². The molecule has 8 heteroatoms. The van der Waals surface area contributed by atoms with E-state index in [-0.39, 0.29) is 6.79 Å². The molecule has 8 nitrogen and oxygen atoms in total. The maximum atomic E-state index is 12.2. The third kappa shape index (κ3) is 2.97. The van der Waals surface area contributed by atoms with Gasteiger partial charge in [-0.25, -0.2) is 9.59 Å². The summed E-state index contributed by atoms with van der Waals surface area (Å²) >= 11 is 0. The Labute approximate surface area is 148 Å². The van der Waals surface area contributed by atoms with Crippen LogP contribution in [0.3, 0.4) is 0 Å². The maximum absolute atomic E-state index is 12.2. The van der Waals surface area contributed by atoms with Gasteiger partial charge in [0.15, 0.2) is 17.1 Å². The highest BCUT2D eigenvalue weighted by Gasteiger charge is 2.14. The lowest BCUT2D eigenvalue weighted by Gasteiger charge is -2.08. The topological polar surface area (TPSA) is 94.7 Å². The SMILES string of the molecule is CCCn1c(=O)oc2cc(NC(=O)Nc3ccc4c(c3)OCO4)ccc21. The summed E-state index contributed by atoms with van der Waals surface area (Å²) in [6.07, 6.45) is 0.826. The second-order valence-corrected chi connectivity index (χ2v) is 5.85. The minimum absolute atomic E-state index is 0.174. The van der Waals surface area contributed by atoms with E-state index in [1.165, 1.54) is 0 Å². The van der Waals surface area contributed by atoms with E-state index in [0.29, 0.717) is 40.5 Å². The minimum Gasteiger partial charge on any atom is -0.454 e. The van der Waals surface area contributed by atoms with Gasteiger partial charge in [0.1, 0.15) is 0 Å². The molecule has 4 rings (SSSR count). The fourth-order valence-electron chi connectivity index (χ4n) is 2.85. The lowest BCUT2D eigenvalue weighted by atomic mass is 10.2. The Hall–Kier alpha value is -3.42. The molecular weight excluding hydrogens is 338 g/mol. The number of rotatable bonds is 4. The van der Waals surface area contributed by atoms with E-state index in [4.69, 9.17) is 13.9 Å². The van der Waals surface area contributed by atoms with Crippen LogP contribution in [-0.2, 0) is 6.54 Å². The Bertz CT molecular complexity index is 1040. The van der Waals surface area contributed by atoms with Gasteiger partial charge in [-0.2, -0.15) is 0 Å². The molecule has 0 fully saturated rings. The van der Waals surface area contributed by atoms with Crippen molar-refractivity contribution in [3.63, 3.8) is 0 Å². The predicted octanol–water partition coefficient (Wildman–Crippen LogP) is 3.38. The van der Waals surface area contributed by atoms with E-state index in [9.17, 15) is 9.59 Å². The van der Waals surface area contributed by atoms with Crippen molar-refractivity contribution in [1.82, 2.24) is 4.57 Å².